The van der Waals surface area contributed by atoms with E-state index in [2.05, 4.69) is 5.32 Å². The topological polar surface area (TPSA) is 58.6 Å². The Kier molecular flexibility index (Phi) is 5.84. The molecule has 1 aliphatic heterocycles. The van der Waals surface area contributed by atoms with Crippen molar-refractivity contribution in [1.82, 2.24) is 10.2 Å². The van der Waals surface area contributed by atoms with Gasteiger partial charge in [0.15, 0.2) is 0 Å². The molecule has 1 saturated heterocycles. The van der Waals surface area contributed by atoms with Gasteiger partial charge in [0.1, 0.15) is 12.4 Å². The van der Waals surface area contributed by atoms with E-state index in [1.54, 1.807) is 17.0 Å². The molecular formula is C20H21FN2O3. The third-order valence-electron chi connectivity index (χ3n) is 4.42. The third-order valence-corrected chi connectivity index (χ3v) is 4.42. The van der Waals surface area contributed by atoms with Gasteiger partial charge in [-0.15, -0.1) is 0 Å². The van der Waals surface area contributed by atoms with E-state index in [0.717, 1.165) is 5.56 Å². The Morgan fingerprint density at radius 3 is 2.38 bits per heavy atom. The molecule has 2 aromatic carbocycles. The number of alkyl carbamates (subject to hydrolysis) is 1. The predicted molar refractivity (Wildman–Crippen MR) is 95.1 cm³/mol. The number of hydrogen-bond acceptors (Lipinski definition) is 3. The van der Waals surface area contributed by atoms with E-state index in [4.69, 9.17) is 4.74 Å². The predicted octanol–water partition coefficient (Wildman–Crippen LogP) is 3.36. The van der Waals surface area contributed by atoms with Gasteiger partial charge in [-0.05, 0) is 30.5 Å². The smallest absolute Gasteiger partial charge is 0.407 e. The number of amides is 2. The zero-order valence-corrected chi connectivity index (χ0v) is 14.4. The summed E-state index contributed by atoms with van der Waals surface area (Å²) in [6.45, 7) is 1.16. The first-order valence-corrected chi connectivity index (χ1v) is 8.64. The van der Waals surface area contributed by atoms with Crippen LogP contribution in [0.1, 0.15) is 28.8 Å². The SMILES string of the molecule is O=C(NC1CCN(C(=O)c2ccccc2F)CC1)OCc1ccccc1. The Morgan fingerprint density at radius 1 is 1.04 bits per heavy atom. The molecule has 2 aromatic rings. The summed E-state index contributed by atoms with van der Waals surface area (Å²) in [5.74, 6) is -0.824. The van der Waals surface area contributed by atoms with Crippen molar-refractivity contribution in [2.45, 2.75) is 25.5 Å². The van der Waals surface area contributed by atoms with Crippen LogP contribution in [0.15, 0.2) is 54.6 Å². The normalized spacial score (nSPS) is 14.7. The molecule has 1 heterocycles. The van der Waals surface area contributed by atoms with Gasteiger partial charge in [0.2, 0.25) is 0 Å². The van der Waals surface area contributed by atoms with Crippen LogP contribution in [-0.2, 0) is 11.3 Å². The lowest BCUT2D eigenvalue weighted by Crippen LogP contribution is -2.46. The minimum atomic E-state index is -0.512. The van der Waals surface area contributed by atoms with Crippen LogP contribution < -0.4 is 5.32 Å². The molecule has 1 aliphatic rings. The van der Waals surface area contributed by atoms with Gasteiger partial charge in [0.25, 0.3) is 5.91 Å². The number of rotatable bonds is 4. The number of carbonyl (C=O) groups excluding carboxylic acids is 2. The van der Waals surface area contributed by atoms with Crippen molar-refractivity contribution in [2.24, 2.45) is 0 Å². The molecule has 6 heteroatoms. The third kappa shape index (κ3) is 4.59. The standard InChI is InChI=1S/C20H21FN2O3/c21-18-9-5-4-8-17(18)19(24)23-12-10-16(11-13-23)22-20(25)26-14-15-6-2-1-3-7-15/h1-9,16H,10-14H2,(H,22,25). The van der Waals surface area contributed by atoms with Crippen molar-refractivity contribution in [2.75, 3.05) is 13.1 Å². The molecule has 0 radical (unpaired) electrons. The molecule has 0 unspecified atom stereocenters. The van der Waals surface area contributed by atoms with Gasteiger partial charge >= 0.3 is 6.09 Å². The Bertz CT molecular complexity index is 759. The van der Waals surface area contributed by atoms with Crippen molar-refractivity contribution in [3.63, 3.8) is 0 Å². The maximum atomic E-state index is 13.7. The number of piperidine rings is 1. The van der Waals surface area contributed by atoms with E-state index in [-0.39, 0.29) is 24.1 Å². The van der Waals surface area contributed by atoms with Crippen molar-refractivity contribution in [1.29, 1.82) is 0 Å². The highest BCUT2D eigenvalue weighted by molar-refractivity contribution is 5.94. The van der Waals surface area contributed by atoms with Crippen LogP contribution in [0.5, 0.6) is 0 Å². The van der Waals surface area contributed by atoms with Gasteiger partial charge in [0.05, 0.1) is 5.56 Å². The van der Waals surface area contributed by atoms with Crippen LogP contribution in [0.25, 0.3) is 0 Å². The van der Waals surface area contributed by atoms with E-state index in [1.807, 2.05) is 30.3 Å². The number of likely N-dealkylation sites (tertiary alicyclic amines) is 1. The molecule has 0 bridgehead atoms. The lowest BCUT2D eigenvalue weighted by Gasteiger charge is -2.32. The van der Waals surface area contributed by atoms with Crippen molar-refractivity contribution in [3.05, 3.63) is 71.5 Å². The number of benzene rings is 2. The van der Waals surface area contributed by atoms with Crippen LogP contribution in [0.4, 0.5) is 9.18 Å². The van der Waals surface area contributed by atoms with E-state index in [0.29, 0.717) is 25.9 Å². The quantitative estimate of drug-likeness (QED) is 0.914. The number of nitrogens with zero attached hydrogens (tertiary/aromatic N) is 1. The van der Waals surface area contributed by atoms with Crippen LogP contribution in [-0.4, -0.2) is 36.0 Å². The highest BCUT2D eigenvalue weighted by atomic mass is 19.1. The van der Waals surface area contributed by atoms with Crippen LogP contribution >= 0.6 is 0 Å². The molecule has 0 saturated carbocycles. The Morgan fingerprint density at radius 2 is 1.69 bits per heavy atom. The van der Waals surface area contributed by atoms with E-state index in [9.17, 15) is 14.0 Å². The fraction of sp³-hybridized carbons (Fsp3) is 0.300. The monoisotopic (exact) mass is 356 g/mol. The first-order valence-electron chi connectivity index (χ1n) is 8.64. The molecule has 1 fully saturated rings. The second-order valence-electron chi connectivity index (χ2n) is 6.25. The van der Waals surface area contributed by atoms with Crippen LogP contribution in [0.2, 0.25) is 0 Å². The molecule has 136 valence electrons. The largest absolute Gasteiger partial charge is 0.445 e. The Labute approximate surface area is 151 Å². The molecule has 5 nitrogen and oxygen atoms in total. The molecule has 1 N–H and O–H groups in total. The zero-order chi connectivity index (χ0) is 18.4. The molecule has 3 rings (SSSR count). The first-order chi connectivity index (χ1) is 12.6. The van der Waals surface area contributed by atoms with Gasteiger partial charge in [0, 0.05) is 19.1 Å². The number of ether oxygens (including phenoxy) is 1. The zero-order valence-electron chi connectivity index (χ0n) is 14.4. The summed E-state index contributed by atoms with van der Waals surface area (Å²) in [6.07, 6.45) is 0.758. The molecule has 2 amide bonds. The lowest BCUT2D eigenvalue weighted by molar-refractivity contribution is 0.0696. The summed E-state index contributed by atoms with van der Waals surface area (Å²) < 4.78 is 19.0. The molecule has 0 aromatic heterocycles. The second kappa shape index (κ2) is 8.47. The van der Waals surface area contributed by atoms with E-state index < -0.39 is 11.9 Å². The average molecular weight is 356 g/mol. The highest BCUT2D eigenvalue weighted by Gasteiger charge is 2.26. The molecule has 26 heavy (non-hydrogen) atoms. The van der Waals surface area contributed by atoms with Gasteiger partial charge in [-0.2, -0.15) is 0 Å². The van der Waals surface area contributed by atoms with Crippen molar-refractivity contribution < 1.29 is 18.7 Å². The Hall–Kier alpha value is -2.89. The fourth-order valence-electron chi connectivity index (χ4n) is 2.96. The summed E-state index contributed by atoms with van der Waals surface area (Å²) in [5.41, 5.74) is 1.01. The van der Waals surface area contributed by atoms with E-state index in [1.165, 1.54) is 12.1 Å². The van der Waals surface area contributed by atoms with Crippen molar-refractivity contribution >= 4 is 12.0 Å². The minimum Gasteiger partial charge on any atom is -0.445 e. The molecule has 0 atom stereocenters. The summed E-state index contributed by atoms with van der Waals surface area (Å²) in [7, 11) is 0. The summed E-state index contributed by atoms with van der Waals surface area (Å²) in [4.78, 5) is 25.9. The van der Waals surface area contributed by atoms with Gasteiger partial charge in [-0.1, -0.05) is 42.5 Å². The summed E-state index contributed by atoms with van der Waals surface area (Å²) >= 11 is 0. The molecule has 0 spiro atoms. The summed E-state index contributed by atoms with van der Waals surface area (Å²) in [6, 6.07) is 15.4. The maximum absolute atomic E-state index is 13.7. The number of hydrogen-bond donors (Lipinski definition) is 1. The van der Waals surface area contributed by atoms with Gasteiger partial charge < -0.3 is 15.0 Å². The average Bonchev–Trinajstić information content (AvgIpc) is 2.68. The van der Waals surface area contributed by atoms with Crippen LogP contribution in [0.3, 0.4) is 0 Å². The lowest BCUT2D eigenvalue weighted by atomic mass is 10.0. The number of nitrogens with one attached hydrogen (secondary N) is 1. The Balaban J connectivity index is 1.44. The molecule has 0 aliphatic carbocycles. The number of carbonyl (C=O) groups is 2. The fourth-order valence-corrected chi connectivity index (χ4v) is 2.96. The molecular weight excluding hydrogens is 335 g/mol. The first kappa shape index (κ1) is 17.9. The second-order valence-corrected chi connectivity index (χ2v) is 6.25. The van der Waals surface area contributed by atoms with Gasteiger partial charge in [-0.25, -0.2) is 9.18 Å². The van der Waals surface area contributed by atoms with Crippen LogP contribution in [0, 0.1) is 5.82 Å². The summed E-state index contributed by atoms with van der Waals surface area (Å²) in [5, 5.41) is 2.83. The van der Waals surface area contributed by atoms with E-state index >= 15 is 0 Å². The van der Waals surface area contributed by atoms with Crippen molar-refractivity contribution in [3.8, 4) is 0 Å². The number of halogens is 1. The van der Waals surface area contributed by atoms with Gasteiger partial charge in [-0.3, -0.25) is 4.79 Å². The maximum Gasteiger partial charge on any atom is 0.407 e. The highest BCUT2D eigenvalue weighted by Crippen LogP contribution is 2.16. The minimum absolute atomic E-state index is 0.0528.